The number of carbonyl (C=O) groups is 5. The molecule has 510 valence electrons. The molecule has 0 N–H and O–H groups in total. The van der Waals surface area contributed by atoms with Crippen LogP contribution in [0.15, 0.2) is 25.3 Å². The zero-order valence-corrected chi connectivity index (χ0v) is 61.6. The molecular formula is C70H130O14Si4. The summed E-state index contributed by atoms with van der Waals surface area (Å²) in [7, 11) is -6.85. The van der Waals surface area contributed by atoms with Crippen LogP contribution in [-0.2, 0) is 65.4 Å². The number of esters is 5. The first kappa shape index (κ1) is 79.8. The maximum atomic E-state index is 13.7. The Labute approximate surface area is 540 Å². The van der Waals surface area contributed by atoms with Crippen LogP contribution in [-0.4, -0.2) is 121 Å². The quantitative estimate of drug-likeness (QED) is 0.0185. The van der Waals surface area contributed by atoms with Gasteiger partial charge in [-0.1, -0.05) is 148 Å². The molecule has 0 aromatic rings. The maximum absolute atomic E-state index is 13.7. The fourth-order valence-electron chi connectivity index (χ4n) is 13.4. The largest absolute Gasteiger partial charge is 0.465 e. The molecule has 88 heavy (non-hydrogen) atoms. The van der Waals surface area contributed by atoms with Gasteiger partial charge in [0.15, 0.2) is 33.3 Å². The van der Waals surface area contributed by atoms with Crippen molar-refractivity contribution < 1.29 is 65.4 Å². The van der Waals surface area contributed by atoms with E-state index in [9.17, 15) is 24.0 Å². The Balaban J connectivity index is 1.22. The molecule has 0 aromatic heterocycles. The van der Waals surface area contributed by atoms with Gasteiger partial charge in [0.25, 0.3) is 0 Å². The number of hydrogen-bond acceptors (Lipinski definition) is 14. The van der Waals surface area contributed by atoms with Gasteiger partial charge in [-0.25, -0.2) is 9.59 Å². The first-order chi connectivity index (χ1) is 42.1. The van der Waals surface area contributed by atoms with Crippen molar-refractivity contribution in [1.29, 1.82) is 0 Å². The third-order valence-electron chi connectivity index (χ3n) is 18.4. The second-order valence-electron chi connectivity index (χ2n) is 28.8. The molecule has 3 aliphatic carbocycles. The van der Waals surface area contributed by atoms with E-state index in [1.54, 1.807) is 0 Å². The number of unbranched alkanes of at least 4 members (excludes halogenated alkanes) is 20. The standard InChI is InChI=1S/C70H130O14Si4/c1-12-15-30-53-80-70(75)64-58-63(81-68(73)59-39-43-61(44-40-59)76-49-31-26-22-18-16-20-24-28-35-54-85(4,5)83-87(8,9)56-37-33-51-78-66(71)13-2)47-48-65(64)82-69(74)60-41-45-62(46-42-60)77-50-32-27-23-19-17-21-25-29-36-55-86(6,7)84-88(10,11)57-38-34-52-79-67(72)14-3/h13-14,59-65H,2-3,12,15-58H2,1,4-11H3. The fraction of sp³-hybridized carbons (Fsp3) is 0.871. The van der Waals surface area contributed by atoms with Crippen molar-refractivity contribution in [3.63, 3.8) is 0 Å². The molecule has 3 atom stereocenters. The zero-order chi connectivity index (χ0) is 64.5. The minimum Gasteiger partial charge on any atom is -0.465 e. The van der Waals surface area contributed by atoms with E-state index in [2.05, 4.69) is 72.5 Å². The van der Waals surface area contributed by atoms with Crippen molar-refractivity contribution in [1.82, 2.24) is 0 Å². The highest BCUT2D eigenvalue weighted by molar-refractivity contribution is 6.85. The van der Waals surface area contributed by atoms with Gasteiger partial charge in [-0.3, -0.25) is 14.4 Å². The predicted molar refractivity (Wildman–Crippen MR) is 366 cm³/mol. The van der Waals surface area contributed by atoms with Gasteiger partial charge in [-0.15, -0.1) is 0 Å². The van der Waals surface area contributed by atoms with Gasteiger partial charge in [-0.05, 0) is 173 Å². The van der Waals surface area contributed by atoms with Gasteiger partial charge in [0.1, 0.15) is 12.2 Å². The van der Waals surface area contributed by atoms with E-state index in [4.69, 9.17) is 41.4 Å². The Morgan fingerprint density at radius 2 is 0.682 bits per heavy atom. The first-order valence-corrected chi connectivity index (χ1v) is 48.3. The minimum atomic E-state index is -1.73. The highest BCUT2D eigenvalue weighted by Gasteiger charge is 2.43. The molecule has 0 amide bonds. The first-order valence-electron chi connectivity index (χ1n) is 35.9. The SMILES string of the molecule is C=CC(=O)OCCCC[Si](C)(C)O[Si](C)(C)CCCCCCCCCCCOC1CCC(C(=O)OC2CCC(OC(=O)C3CCC(OCCCCCCCCCCC[Si](C)(C)O[Si](C)(C)CCCCOC(=O)C=C)CC3)C(C(=O)OCCCCC)C2)CC1. The van der Waals surface area contributed by atoms with E-state index in [-0.39, 0.29) is 53.9 Å². The van der Waals surface area contributed by atoms with Crippen LogP contribution < -0.4 is 0 Å². The lowest BCUT2D eigenvalue weighted by Crippen LogP contribution is -2.44. The molecule has 3 rings (SSSR count). The number of ether oxygens (including phenoxy) is 7. The third-order valence-corrected chi connectivity index (χ3v) is 33.5. The summed E-state index contributed by atoms with van der Waals surface area (Å²) in [5, 5.41) is 0. The van der Waals surface area contributed by atoms with E-state index >= 15 is 0 Å². The molecule has 0 radical (unpaired) electrons. The van der Waals surface area contributed by atoms with Crippen LogP contribution >= 0.6 is 0 Å². The molecule has 0 bridgehead atoms. The molecule has 0 spiro atoms. The van der Waals surface area contributed by atoms with Gasteiger partial charge >= 0.3 is 29.8 Å². The maximum Gasteiger partial charge on any atom is 0.330 e. The summed E-state index contributed by atoms with van der Waals surface area (Å²) < 4.78 is 54.6. The topological polar surface area (TPSA) is 168 Å². The highest BCUT2D eigenvalue weighted by atomic mass is 28.4. The summed E-state index contributed by atoms with van der Waals surface area (Å²) in [4.78, 5) is 63.4. The molecule has 3 unspecified atom stereocenters. The van der Waals surface area contributed by atoms with Gasteiger partial charge in [0, 0.05) is 31.8 Å². The van der Waals surface area contributed by atoms with Gasteiger partial charge in [0.05, 0.1) is 49.8 Å². The minimum absolute atomic E-state index is 0.162. The van der Waals surface area contributed by atoms with E-state index < -0.39 is 51.4 Å². The van der Waals surface area contributed by atoms with Crippen molar-refractivity contribution >= 4 is 63.1 Å². The highest BCUT2D eigenvalue weighted by Crippen LogP contribution is 2.36. The Morgan fingerprint density at radius 1 is 0.364 bits per heavy atom. The summed E-state index contributed by atoms with van der Waals surface area (Å²) in [6.07, 6.45) is 38.5. The average molecular weight is 1310 g/mol. The molecule has 18 heteroatoms. The molecule has 0 aliphatic heterocycles. The average Bonchev–Trinajstić information content (AvgIpc) is 3.50. The Kier molecular flexibility index (Phi) is 41.5. The summed E-state index contributed by atoms with van der Waals surface area (Å²) in [6, 6.07) is 4.64. The molecule has 3 aliphatic rings. The molecule has 0 heterocycles. The summed E-state index contributed by atoms with van der Waals surface area (Å²) in [5.41, 5.74) is 0. The molecule has 3 fully saturated rings. The summed E-state index contributed by atoms with van der Waals surface area (Å²) >= 11 is 0. The monoisotopic (exact) mass is 1310 g/mol. The smallest absolute Gasteiger partial charge is 0.330 e. The van der Waals surface area contributed by atoms with Crippen LogP contribution in [0.4, 0.5) is 0 Å². The van der Waals surface area contributed by atoms with Crippen LogP contribution in [0.3, 0.4) is 0 Å². The summed E-state index contributed by atoms with van der Waals surface area (Å²) in [6.45, 7) is 30.6. The number of hydrogen-bond donors (Lipinski definition) is 0. The van der Waals surface area contributed by atoms with E-state index in [1.807, 2.05) is 0 Å². The van der Waals surface area contributed by atoms with Gasteiger partial charge in [0.2, 0.25) is 0 Å². The van der Waals surface area contributed by atoms with Crippen LogP contribution in [0.2, 0.25) is 76.6 Å². The van der Waals surface area contributed by atoms with Crippen LogP contribution in [0.25, 0.3) is 0 Å². The normalized spacial score (nSPS) is 21.1. The van der Waals surface area contributed by atoms with Crippen LogP contribution in [0.5, 0.6) is 0 Å². The summed E-state index contributed by atoms with van der Waals surface area (Å²) in [5.74, 6) is -2.47. The molecule has 0 saturated heterocycles. The third kappa shape index (κ3) is 37.9. The van der Waals surface area contributed by atoms with Crippen molar-refractivity contribution in [3.8, 4) is 0 Å². The molecule has 14 nitrogen and oxygen atoms in total. The predicted octanol–water partition coefficient (Wildman–Crippen LogP) is 18.4. The van der Waals surface area contributed by atoms with Crippen LogP contribution in [0.1, 0.15) is 238 Å². The van der Waals surface area contributed by atoms with Crippen LogP contribution in [0, 0.1) is 17.8 Å². The zero-order valence-electron chi connectivity index (χ0n) is 57.6. The second-order valence-corrected chi connectivity index (χ2v) is 46.5. The molecule has 3 saturated carbocycles. The number of carbonyl (C=O) groups excluding carboxylic acids is 5. The second kappa shape index (κ2) is 45.8. The Bertz CT molecular complexity index is 1930. The lowest BCUT2D eigenvalue weighted by atomic mass is 9.83. The Morgan fingerprint density at radius 3 is 1.07 bits per heavy atom. The van der Waals surface area contributed by atoms with Crippen molar-refractivity contribution in [2.24, 2.45) is 17.8 Å². The van der Waals surface area contributed by atoms with Gasteiger partial charge < -0.3 is 41.4 Å². The van der Waals surface area contributed by atoms with E-state index in [0.717, 1.165) is 134 Å². The van der Waals surface area contributed by atoms with Gasteiger partial charge in [-0.2, -0.15) is 0 Å². The molecular weight excluding hydrogens is 1180 g/mol. The van der Waals surface area contributed by atoms with Crippen molar-refractivity contribution in [3.05, 3.63) is 25.3 Å². The van der Waals surface area contributed by atoms with E-state index in [0.29, 0.717) is 39.1 Å². The van der Waals surface area contributed by atoms with Crippen molar-refractivity contribution in [2.45, 2.75) is 339 Å². The lowest BCUT2D eigenvalue weighted by Gasteiger charge is -2.36. The van der Waals surface area contributed by atoms with Crippen molar-refractivity contribution in [2.75, 3.05) is 33.0 Å². The molecule has 0 aromatic carbocycles. The lowest BCUT2D eigenvalue weighted by molar-refractivity contribution is -0.177. The number of rotatable bonds is 51. The fourth-order valence-corrected chi connectivity index (χ4v) is 31.4. The Hall–Kier alpha value is -2.46. The van der Waals surface area contributed by atoms with E-state index in [1.165, 1.54) is 127 Å².